The molecule has 5 heterocycles. The zero-order valence-corrected chi connectivity index (χ0v) is 16.2. The number of aryl methyl sites for hydroxylation is 1. The van der Waals surface area contributed by atoms with Crippen LogP contribution < -0.4 is 4.57 Å². The molecule has 3 atom stereocenters. The van der Waals surface area contributed by atoms with E-state index in [9.17, 15) is 0 Å². The third-order valence-corrected chi connectivity index (χ3v) is 6.81. The number of hydrogen-bond acceptors (Lipinski definition) is 2. The predicted molar refractivity (Wildman–Crippen MR) is 105 cm³/mol. The van der Waals surface area contributed by atoms with Crippen LogP contribution in [0.3, 0.4) is 0 Å². The van der Waals surface area contributed by atoms with Gasteiger partial charge in [-0.3, -0.25) is 4.90 Å². The summed E-state index contributed by atoms with van der Waals surface area (Å²) < 4.78 is 7.98. The maximum absolute atomic E-state index is 6.18. The third kappa shape index (κ3) is 2.62. The van der Waals surface area contributed by atoms with Crippen molar-refractivity contribution < 1.29 is 9.30 Å². The Bertz CT molecular complexity index is 1060. The van der Waals surface area contributed by atoms with E-state index in [1.54, 1.807) is 0 Å². The van der Waals surface area contributed by atoms with Gasteiger partial charge in [-0.1, -0.05) is 17.7 Å². The fourth-order valence-corrected chi connectivity index (χ4v) is 5.26. The van der Waals surface area contributed by atoms with Gasteiger partial charge in [0.15, 0.2) is 17.9 Å². The lowest BCUT2D eigenvalue weighted by Crippen LogP contribution is -2.43. The standard InChI is InChI=1S/C22H23ClN3O/c1-13-2-3-14(22-12-27-22)9-26(13)17-7-16-8-19-18-5-4-15(23)6-20(18)24-21(19)11-25(16)10-17/h2-6,9,16-17,22,24H,7-8,10-12H2,1H3/q+1. The molecule has 0 aliphatic carbocycles. The monoisotopic (exact) mass is 380 g/mol. The minimum atomic E-state index is 0.318. The highest BCUT2D eigenvalue weighted by atomic mass is 35.5. The Labute approximate surface area is 163 Å². The van der Waals surface area contributed by atoms with E-state index < -0.39 is 0 Å². The van der Waals surface area contributed by atoms with Crippen molar-refractivity contribution in [2.75, 3.05) is 13.2 Å². The zero-order chi connectivity index (χ0) is 18.1. The summed E-state index contributed by atoms with van der Waals surface area (Å²) in [7, 11) is 0. The number of benzene rings is 1. The Morgan fingerprint density at radius 3 is 3.00 bits per heavy atom. The summed E-state index contributed by atoms with van der Waals surface area (Å²) in [6.45, 7) is 5.21. The molecule has 0 radical (unpaired) electrons. The molecule has 3 aliphatic rings. The number of pyridine rings is 1. The first-order chi connectivity index (χ1) is 13.2. The number of aromatic amines is 1. The van der Waals surface area contributed by atoms with E-state index in [2.05, 4.69) is 45.8 Å². The molecule has 3 unspecified atom stereocenters. The molecular formula is C22H23ClN3O+. The van der Waals surface area contributed by atoms with Gasteiger partial charge >= 0.3 is 0 Å². The Morgan fingerprint density at radius 2 is 2.15 bits per heavy atom. The van der Waals surface area contributed by atoms with Crippen molar-refractivity contribution in [3.63, 3.8) is 0 Å². The summed E-state index contributed by atoms with van der Waals surface area (Å²) in [6.07, 6.45) is 4.98. The second-order valence-corrected chi connectivity index (χ2v) is 8.72. The van der Waals surface area contributed by atoms with Crippen molar-refractivity contribution in [2.45, 2.75) is 44.5 Å². The largest absolute Gasteiger partial charge is 0.368 e. The van der Waals surface area contributed by atoms with Gasteiger partial charge in [0.25, 0.3) is 0 Å². The van der Waals surface area contributed by atoms with Crippen molar-refractivity contribution in [3.05, 3.63) is 64.1 Å². The van der Waals surface area contributed by atoms with E-state index in [1.165, 1.54) is 39.8 Å². The first-order valence-electron chi connectivity index (χ1n) is 9.82. The molecule has 2 fully saturated rings. The topological polar surface area (TPSA) is 35.4 Å². The molecule has 2 saturated heterocycles. The second-order valence-electron chi connectivity index (χ2n) is 8.28. The van der Waals surface area contributed by atoms with Gasteiger partial charge in [-0.25, -0.2) is 0 Å². The highest BCUT2D eigenvalue weighted by Crippen LogP contribution is 2.37. The van der Waals surface area contributed by atoms with Crippen molar-refractivity contribution in [2.24, 2.45) is 0 Å². The maximum Gasteiger partial charge on any atom is 0.178 e. The van der Waals surface area contributed by atoms with Crippen LogP contribution in [0.2, 0.25) is 5.02 Å². The fraction of sp³-hybridized carbons (Fsp3) is 0.409. The van der Waals surface area contributed by atoms with Crippen LogP contribution in [0.5, 0.6) is 0 Å². The van der Waals surface area contributed by atoms with Crippen LogP contribution in [0.1, 0.15) is 41.1 Å². The van der Waals surface area contributed by atoms with Crippen molar-refractivity contribution in [3.8, 4) is 0 Å². The lowest BCUT2D eigenvalue weighted by Gasteiger charge is -2.28. The summed E-state index contributed by atoms with van der Waals surface area (Å²) in [5.74, 6) is 0. The fourth-order valence-electron chi connectivity index (χ4n) is 5.09. The number of nitrogens with zero attached hydrogens (tertiary/aromatic N) is 2. The van der Waals surface area contributed by atoms with Gasteiger partial charge in [-0.2, -0.15) is 4.57 Å². The van der Waals surface area contributed by atoms with Crippen LogP contribution in [0.25, 0.3) is 10.9 Å². The van der Waals surface area contributed by atoms with Crippen LogP contribution in [0.4, 0.5) is 0 Å². The molecular weight excluding hydrogens is 358 g/mol. The van der Waals surface area contributed by atoms with Crippen molar-refractivity contribution in [1.29, 1.82) is 0 Å². The second kappa shape index (κ2) is 5.81. The Kier molecular flexibility index (Phi) is 3.46. The molecule has 0 bridgehead atoms. The van der Waals surface area contributed by atoms with Gasteiger partial charge in [0, 0.05) is 59.2 Å². The number of epoxide rings is 1. The van der Waals surface area contributed by atoms with E-state index in [4.69, 9.17) is 16.3 Å². The predicted octanol–water partition coefficient (Wildman–Crippen LogP) is 3.86. The van der Waals surface area contributed by atoms with Crippen molar-refractivity contribution >= 4 is 22.5 Å². The normalized spacial score (nSPS) is 27.0. The quantitative estimate of drug-likeness (QED) is 0.541. The van der Waals surface area contributed by atoms with Crippen LogP contribution in [-0.2, 0) is 17.7 Å². The van der Waals surface area contributed by atoms with Gasteiger partial charge < -0.3 is 9.72 Å². The van der Waals surface area contributed by atoms with Gasteiger partial charge in [-0.05, 0) is 30.2 Å². The van der Waals surface area contributed by atoms with Gasteiger partial charge in [0.05, 0.1) is 13.2 Å². The lowest BCUT2D eigenvalue weighted by molar-refractivity contribution is -0.725. The van der Waals surface area contributed by atoms with Crippen molar-refractivity contribution in [1.82, 2.24) is 9.88 Å². The summed E-state index contributed by atoms with van der Waals surface area (Å²) in [4.78, 5) is 6.27. The number of halogens is 1. The highest BCUT2D eigenvalue weighted by Gasteiger charge is 2.42. The molecule has 3 aliphatic heterocycles. The molecule has 0 saturated carbocycles. The Hall–Kier alpha value is -1.88. The number of ether oxygens (including phenoxy) is 1. The van der Waals surface area contributed by atoms with Crippen LogP contribution in [0.15, 0.2) is 36.5 Å². The smallest absolute Gasteiger partial charge is 0.178 e. The number of H-pyrrole nitrogens is 1. The molecule has 3 aromatic rings. The Morgan fingerprint density at radius 1 is 1.26 bits per heavy atom. The van der Waals surface area contributed by atoms with E-state index in [0.717, 1.165) is 31.1 Å². The first kappa shape index (κ1) is 16.1. The summed E-state index contributed by atoms with van der Waals surface area (Å²) >= 11 is 6.18. The van der Waals surface area contributed by atoms with Gasteiger partial charge in [0.1, 0.15) is 6.10 Å². The average molecular weight is 381 g/mol. The van der Waals surface area contributed by atoms with Gasteiger partial charge in [0.2, 0.25) is 0 Å². The van der Waals surface area contributed by atoms with E-state index in [-0.39, 0.29) is 0 Å². The number of hydrogen-bond donors (Lipinski definition) is 1. The third-order valence-electron chi connectivity index (χ3n) is 6.57. The molecule has 27 heavy (non-hydrogen) atoms. The number of fused-ring (bicyclic) bond motifs is 4. The molecule has 5 heteroatoms. The molecule has 6 rings (SSSR count). The molecule has 0 spiro atoms. The number of nitrogens with one attached hydrogen (secondary N) is 1. The van der Waals surface area contributed by atoms with E-state index in [0.29, 0.717) is 18.2 Å². The summed E-state index contributed by atoms with van der Waals surface area (Å²) in [5.41, 5.74) is 6.69. The summed E-state index contributed by atoms with van der Waals surface area (Å²) in [5, 5.41) is 2.14. The number of rotatable bonds is 2. The SMILES string of the molecule is Cc1ccc(C2CO2)c[n+]1C1CC2Cc3c([nH]c4cc(Cl)ccc34)CN2C1. The molecule has 1 aromatic carbocycles. The average Bonchev–Trinajstić information content (AvgIpc) is 3.33. The minimum Gasteiger partial charge on any atom is -0.368 e. The molecule has 4 nitrogen and oxygen atoms in total. The minimum absolute atomic E-state index is 0.318. The molecule has 1 N–H and O–H groups in total. The maximum atomic E-state index is 6.18. The van der Waals surface area contributed by atoms with Gasteiger partial charge in [-0.15, -0.1) is 0 Å². The van der Waals surface area contributed by atoms with Crippen LogP contribution >= 0.6 is 11.6 Å². The molecule has 138 valence electrons. The number of aromatic nitrogens is 2. The summed E-state index contributed by atoms with van der Waals surface area (Å²) in [6, 6.07) is 11.8. The Balaban J connectivity index is 1.30. The zero-order valence-electron chi connectivity index (χ0n) is 15.4. The lowest BCUT2D eigenvalue weighted by atomic mass is 9.96. The first-order valence-corrected chi connectivity index (χ1v) is 10.2. The van der Waals surface area contributed by atoms with Crippen LogP contribution in [-0.4, -0.2) is 29.1 Å². The molecule has 0 amide bonds. The van der Waals surface area contributed by atoms with E-state index in [1.807, 2.05) is 12.1 Å². The molecule has 2 aromatic heterocycles. The van der Waals surface area contributed by atoms with E-state index >= 15 is 0 Å². The van der Waals surface area contributed by atoms with Crippen LogP contribution in [0, 0.1) is 6.92 Å². The highest BCUT2D eigenvalue weighted by molar-refractivity contribution is 6.31.